The fraction of sp³-hybridized carbons (Fsp3) is 0. The molecule has 0 bridgehead atoms. The number of benzene rings is 8. The van der Waals surface area contributed by atoms with E-state index in [9.17, 15) is 0 Å². The van der Waals surface area contributed by atoms with Gasteiger partial charge in [-0.05, 0) is 91.0 Å². The Bertz CT molecular complexity index is 2760. The maximum atomic E-state index is 2.49. The molecule has 2 nitrogen and oxygen atoms in total. The van der Waals surface area contributed by atoms with E-state index >= 15 is 0 Å². The van der Waals surface area contributed by atoms with Gasteiger partial charge in [0.15, 0.2) is 0 Å². The van der Waals surface area contributed by atoms with Crippen LogP contribution in [0.5, 0.6) is 0 Å². The standard InChI is InChI=1S/C48H34N2S/c1-4-17-35(18-5-1)49-47-30-15-12-27-43(47)44-34-40(31-32-48(44)49)51(37-20-6-2-7-21-37,38-22-8-3-9-23-38)39-24-16-19-36(33-39)50-45-28-13-10-25-41(45)42-26-11-14-29-46(42)50/h1-34H. The van der Waals surface area contributed by atoms with Gasteiger partial charge < -0.3 is 9.13 Å². The first-order valence-corrected chi connectivity index (χ1v) is 19.1. The minimum absolute atomic E-state index is 1.16. The molecule has 0 unspecified atom stereocenters. The van der Waals surface area contributed by atoms with Crippen molar-refractivity contribution in [2.75, 3.05) is 0 Å². The maximum Gasteiger partial charge on any atom is 0.0541 e. The topological polar surface area (TPSA) is 9.86 Å². The quantitative estimate of drug-likeness (QED) is 0.167. The summed E-state index contributed by atoms with van der Waals surface area (Å²) in [7, 11) is -1.97. The highest BCUT2D eigenvalue weighted by Crippen LogP contribution is 2.73. The molecule has 0 saturated heterocycles. The van der Waals surface area contributed by atoms with Crippen LogP contribution in [0.3, 0.4) is 0 Å². The fourth-order valence-electron chi connectivity index (χ4n) is 8.08. The van der Waals surface area contributed by atoms with Gasteiger partial charge in [-0.1, -0.05) is 115 Å². The Kier molecular flexibility index (Phi) is 6.93. The summed E-state index contributed by atoms with van der Waals surface area (Å²) in [5.41, 5.74) is 7.18. The third-order valence-corrected chi connectivity index (χ3v) is 14.1. The van der Waals surface area contributed by atoms with Crippen molar-refractivity contribution in [1.82, 2.24) is 9.13 Å². The predicted molar refractivity (Wildman–Crippen MR) is 215 cm³/mol. The summed E-state index contributed by atoms with van der Waals surface area (Å²) in [6, 6.07) is 75.9. The summed E-state index contributed by atoms with van der Waals surface area (Å²) in [6.45, 7) is 0. The normalized spacial score (nSPS) is 12.2. The highest BCUT2D eigenvalue weighted by molar-refractivity contribution is 8.34. The fourth-order valence-corrected chi connectivity index (χ4v) is 12.0. The van der Waals surface area contributed by atoms with Crippen molar-refractivity contribution >= 4 is 53.6 Å². The van der Waals surface area contributed by atoms with Crippen LogP contribution >= 0.6 is 10.0 Å². The Morgan fingerprint density at radius 3 is 1.22 bits per heavy atom. The molecule has 3 heteroatoms. The molecule has 10 aromatic rings. The first-order chi connectivity index (χ1) is 25.3. The molecule has 0 N–H and O–H groups in total. The lowest BCUT2D eigenvalue weighted by atomic mass is 10.1. The number of fused-ring (bicyclic) bond motifs is 6. The van der Waals surface area contributed by atoms with E-state index in [1.54, 1.807) is 0 Å². The van der Waals surface area contributed by atoms with Crippen LogP contribution in [0, 0.1) is 0 Å². The van der Waals surface area contributed by atoms with Crippen molar-refractivity contribution < 1.29 is 0 Å². The zero-order valence-corrected chi connectivity index (χ0v) is 28.7. The Labute approximate surface area is 298 Å². The summed E-state index contributed by atoms with van der Waals surface area (Å²) >= 11 is 0. The molecular formula is C48H34N2S. The second-order valence-corrected chi connectivity index (χ2v) is 16.1. The third kappa shape index (κ3) is 4.52. The lowest BCUT2D eigenvalue weighted by molar-refractivity contribution is 1.15. The third-order valence-electron chi connectivity index (χ3n) is 10.2. The number of hydrogen-bond donors (Lipinski definition) is 0. The van der Waals surface area contributed by atoms with Gasteiger partial charge in [-0.3, -0.25) is 0 Å². The van der Waals surface area contributed by atoms with Gasteiger partial charge in [0.25, 0.3) is 0 Å². The molecule has 242 valence electrons. The van der Waals surface area contributed by atoms with Gasteiger partial charge in [0, 0.05) is 52.5 Å². The Morgan fingerprint density at radius 2 is 0.647 bits per heavy atom. The van der Waals surface area contributed by atoms with Crippen LogP contribution in [0.1, 0.15) is 0 Å². The van der Waals surface area contributed by atoms with Crippen LogP contribution in [0.25, 0.3) is 55.0 Å². The molecule has 10 rings (SSSR count). The number of hydrogen-bond acceptors (Lipinski definition) is 0. The highest BCUT2D eigenvalue weighted by atomic mass is 32.3. The van der Waals surface area contributed by atoms with Gasteiger partial charge in [0.2, 0.25) is 0 Å². The molecule has 8 aromatic carbocycles. The molecule has 0 radical (unpaired) electrons. The first-order valence-electron chi connectivity index (χ1n) is 17.4. The average molecular weight is 671 g/mol. The first kappa shape index (κ1) is 29.6. The summed E-state index contributed by atoms with van der Waals surface area (Å²) in [5.74, 6) is 0. The Morgan fingerprint density at radius 1 is 0.255 bits per heavy atom. The molecule has 0 aliphatic rings. The van der Waals surface area contributed by atoms with E-state index in [4.69, 9.17) is 0 Å². The maximum absolute atomic E-state index is 2.49. The van der Waals surface area contributed by atoms with Crippen molar-refractivity contribution in [2.24, 2.45) is 0 Å². The second-order valence-electron chi connectivity index (χ2n) is 13.0. The lowest BCUT2D eigenvalue weighted by Crippen LogP contribution is -2.06. The smallest absolute Gasteiger partial charge is 0.0541 e. The van der Waals surface area contributed by atoms with Crippen molar-refractivity contribution in [3.63, 3.8) is 0 Å². The molecule has 0 fully saturated rings. The van der Waals surface area contributed by atoms with Crippen LogP contribution < -0.4 is 0 Å². The molecule has 0 saturated carbocycles. The van der Waals surface area contributed by atoms with Gasteiger partial charge in [0.05, 0.1) is 22.1 Å². The Hall–Kier alpha value is -6.29. The minimum Gasteiger partial charge on any atom is -0.309 e. The Balaban J connectivity index is 1.30. The monoisotopic (exact) mass is 670 g/mol. The van der Waals surface area contributed by atoms with Crippen LogP contribution in [-0.2, 0) is 0 Å². The number of aromatic nitrogens is 2. The number of rotatable bonds is 6. The van der Waals surface area contributed by atoms with Gasteiger partial charge in [0.1, 0.15) is 0 Å². The van der Waals surface area contributed by atoms with Crippen LogP contribution in [0.15, 0.2) is 226 Å². The van der Waals surface area contributed by atoms with Gasteiger partial charge >= 0.3 is 0 Å². The van der Waals surface area contributed by atoms with Crippen molar-refractivity contribution in [3.05, 3.63) is 206 Å². The van der Waals surface area contributed by atoms with E-state index in [-0.39, 0.29) is 0 Å². The van der Waals surface area contributed by atoms with Gasteiger partial charge in [-0.25, -0.2) is 0 Å². The number of nitrogens with zero attached hydrogens (tertiary/aromatic N) is 2. The summed E-state index contributed by atoms with van der Waals surface area (Å²) < 4.78 is 4.84. The average Bonchev–Trinajstić information content (AvgIpc) is 3.72. The molecule has 0 spiro atoms. The molecule has 0 aliphatic heterocycles. The summed E-state index contributed by atoms with van der Waals surface area (Å²) in [4.78, 5) is 5.22. The van der Waals surface area contributed by atoms with E-state index in [1.807, 2.05) is 0 Å². The molecular weight excluding hydrogens is 637 g/mol. The second kappa shape index (κ2) is 11.9. The van der Waals surface area contributed by atoms with E-state index in [2.05, 4.69) is 215 Å². The molecule has 0 aliphatic carbocycles. The number of para-hydroxylation sites is 4. The summed E-state index contributed by atoms with van der Waals surface area (Å²) in [6.07, 6.45) is 0. The van der Waals surface area contributed by atoms with Crippen LogP contribution in [-0.4, -0.2) is 9.13 Å². The highest BCUT2D eigenvalue weighted by Gasteiger charge is 2.34. The van der Waals surface area contributed by atoms with Crippen molar-refractivity contribution in [2.45, 2.75) is 19.6 Å². The summed E-state index contributed by atoms with van der Waals surface area (Å²) in [5, 5.41) is 5.05. The van der Waals surface area contributed by atoms with E-state index in [0.717, 1.165) is 5.69 Å². The lowest BCUT2D eigenvalue weighted by Gasteiger charge is -2.42. The molecule has 2 heterocycles. The molecule has 51 heavy (non-hydrogen) atoms. The van der Waals surface area contributed by atoms with E-state index < -0.39 is 10.0 Å². The van der Waals surface area contributed by atoms with Crippen molar-refractivity contribution in [1.29, 1.82) is 0 Å². The van der Waals surface area contributed by atoms with Gasteiger partial charge in [-0.2, -0.15) is 0 Å². The van der Waals surface area contributed by atoms with Gasteiger partial charge in [-0.15, -0.1) is 10.0 Å². The predicted octanol–water partition coefficient (Wildman–Crippen LogP) is 13.2. The minimum atomic E-state index is -1.97. The molecule has 0 amide bonds. The molecule has 2 aromatic heterocycles. The van der Waals surface area contributed by atoms with Crippen LogP contribution in [0.4, 0.5) is 0 Å². The SMILES string of the molecule is c1ccc(-n2c3ccccc3c3cc(S(c4ccccc4)(c4ccccc4)c4cccc(-n5c6ccccc6c6ccccc65)c4)ccc32)cc1. The van der Waals surface area contributed by atoms with E-state index in [1.165, 1.54) is 68.9 Å². The van der Waals surface area contributed by atoms with Crippen molar-refractivity contribution in [3.8, 4) is 11.4 Å². The van der Waals surface area contributed by atoms with Crippen LogP contribution in [0.2, 0.25) is 0 Å². The zero-order chi connectivity index (χ0) is 33.8. The zero-order valence-electron chi connectivity index (χ0n) is 27.9. The largest absolute Gasteiger partial charge is 0.309 e. The van der Waals surface area contributed by atoms with E-state index in [0.29, 0.717) is 0 Å². The molecule has 0 atom stereocenters.